The van der Waals surface area contributed by atoms with Crippen LogP contribution in [0.1, 0.15) is 18.1 Å². The molecule has 0 radical (unpaired) electrons. The number of esters is 2. The summed E-state index contributed by atoms with van der Waals surface area (Å²) in [6.45, 7) is 1.61. The van der Waals surface area contributed by atoms with Crippen molar-refractivity contribution in [2.45, 2.75) is 19.5 Å². The molecular weight excluding hydrogens is 351 g/mol. The van der Waals surface area contributed by atoms with Crippen LogP contribution in [0.25, 0.3) is 0 Å². The van der Waals surface area contributed by atoms with E-state index < -0.39 is 29.6 Å². The lowest BCUT2D eigenvalue weighted by Crippen LogP contribution is -2.32. The van der Waals surface area contributed by atoms with E-state index in [0.29, 0.717) is 11.4 Å². The quantitative estimate of drug-likeness (QED) is 0.833. The zero-order valence-electron chi connectivity index (χ0n) is 14.1. The number of carbonyl (C=O) groups is 2. The molecule has 3 rings (SSSR count). The molecule has 0 saturated heterocycles. The molecule has 1 aromatic carbocycles. The van der Waals surface area contributed by atoms with Crippen molar-refractivity contribution in [1.29, 1.82) is 0 Å². The van der Waals surface area contributed by atoms with Gasteiger partial charge in [0.2, 0.25) is 0 Å². The van der Waals surface area contributed by atoms with E-state index in [9.17, 15) is 22.8 Å². The topological polar surface area (TPSA) is 64.6 Å². The summed E-state index contributed by atoms with van der Waals surface area (Å²) in [5.41, 5.74) is 0.398. The van der Waals surface area contributed by atoms with Crippen LogP contribution in [0.5, 0.6) is 0 Å². The summed E-state index contributed by atoms with van der Waals surface area (Å²) >= 11 is 0. The minimum atomic E-state index is -4.54. The Kier molecular flexibility index (Phi) is 4.52. The van der Waals surface area contributed by atoms with Crippen LogP contribution in [0.15, 0.2) is 46.8 Å². The minimum Gasteiger partial charge on any atom is -0.466 e. The third-order valence-electron chi connectivity index (χ3n) is 4.48. The molecule has 1 unspecified atom stereocenters. The fourth-order valence-electron chi connectivity index (χ4n) is 3.38. The van der Waals surface area contributed by atoms with Crippen LogP contribution in [-0.2, 0) is 31.7 Å². The number of ether oxygens (including phenoxy) is 2. The van der Waals surface area contributed by atoms with E-state index in [1.807, 2.05) is 0 Å². The molecule has 0 saturated carbocycles. The van der Waals surface area contributed by atoms with Gasteiger partial charge in [-0.1, -0.05) is 18.2 Å². The molecule has 0 aromatic heterocycles. The number of methoxy groups -OCH3 is 1. The van der Waals surface area contributed by atoms with Gasteiger partial charge in [0.1, 0.15) is 6.61 Å². The molecule has 1 N–H and O–H groups in total. The normalized spacial score (nSPS) is 19.9. The second-order valence-corrected chi connectivity index (χ2v) is 6.04. The summed E-state index contributed by atoms with van der Waals surface area (Å²) in [6.07, 6.45) is -4.71. The second-order valence-electron chi connectivity index (χ2n) is 6.04. The van der Waals surface area contributed by atoms with Crippen molar-refractivity contribution in [3.8, 4) is 0 Å². The summed E-state index contributed by atoms with van der Waals surface area (Å²) in [6, 6.07) is 5.11. The Balaban J connectivity index is 2.09. The van der Waals surface area contributed by atoms with Crippen LogP contribution in [0.4, 0.5) is 13.2 Å². The molecule has 1 atom stereocenters. The minimum absolute atomic E-state index is 0.00260. The number of hydrogen-bond donors (Lipinski definition) is 1. The van der Waals surface area contributed by atoms with Gasteiger partial charge in [-0.3, -0.25) is 0 Å². The van der Waals surface area contributed by atoms with Gasteiger partial charge < -0.3 is 14.8 Å². The van der Waals surface area contributed by atoms with Crippen LogP contribution >= 0.6 is 0 Å². The number of rotatable bonds is 3. The fourth-order valence-corrected chi connectivity index (χ4v) is 3.38. The highest BCUT2D eigenvalue weighted by molar-refractivity contribution is 5.99. The maximum absolute atomic E-state index is 13.3. The van der Waals surface area contributed by atoms with E-state index in [1.165, 1.54) is 25.3 Å². The first-order valence-electron chi connectivity index (χ1n) is 7.85. The summed E-state index contributed by atoms with van der Waals surface area (Å²) < 4.78 is 49.8. The Morgan fingerprint density at radius 2 is 2.04 bits per heavy atom. The highest BCUT2D eigenvalue weighted by atomic mass is 19.4. The molecule has 2 aliphatic heterocycles. The van der Waals surface area contributed by atoms with Crippen molar-refractivity contribution in [3.05, 3.63) is 57.9 Å². The summed E-state index contributed by atoms with van der Waals surface area (Å²) in [5, 5.41) is 2.92. The Morgan fingerprint density at radius 3 is 2.69 bits per heavy atom. The largest absolute Gasteiger partial charge is 0.466 e. The smallest absolute Gasteiger partial charge is 0.416 e. The molecule has 0 bridgehead atoms. The number of cyclic esters (lactones) is 1. The van der Waals surface area contributed by atoms with Crippen molar-refractivity contribution in [1.82, 2.24) is 5.32 Å². The highest BCUT2D eigenvalue weighted by Gasteiger charge is 2.42. The van der Waals surface area contributed by atoms with Gasteiger partial charge in [0.25, 0.3) is 0 Å². The predicted octanol–water partition coefficient (Wildman–Crippen LogP) is 2.73. The zero-order chi connectivity index (χ0) is 19.1. The van der Waals surface area contributed by atoms with Gasteiger partial charge in [-0.05, 0) is 25.0 Å². The standard InChI is InChI=1S/C18H16F3NO4/c1-9-14(16(23)25-2)11(15-13(22-9)8-26-17(15)24)7-10-5-3-4-6-12(10)18(19,20)21/h3-6,11,22H,7-8H2,1-2H3. The molecule has 5 nitrogen and oxygen atoms in total. The molecule has 0 fully saturated rings. The molecule has 8 heteroatoms. The number of benzene rings is 1. The third-order valence-corrected chi connectivity index (χ3v) is 4.48. The van der Waals surface area contributed by atoms with Gasteiger partial charge in [0.15, 0.2) is 0 Å². The van der Waals surface area contributed by atoms with Gasteiger partial charge in [-0.15, -0.1) is 0 Å². The van der Waals surface area contributed by atoms with Gasteiger partial charge in [-0.25, -0.2) is 9.59 Å². The summed E-state index contributed by atoms with van der Waals surface area (Å²) in [4.78, 5) is 24.4. The van der Waals surface area contributed by atoms with Crippen LogP contribution in [-0.4, -0.2) is 25.7 Å². The molecule has 0 amide bonds. The van der Waals surface area contributed by atoms with Crippen molar-refractivity contribution in [3.63, 3.8) is 0 Å². The lowest BCUT2D eigenvalue weighted by molar-refractivity contribution is -0.138. The Hall–Kier alpha value is -2.77. The molecular formula is C18H16F3NO4. The average Bonchev–Trinajstić information content (AvgIpc) is 2.94. The first-order valence-corrected chi connectivity index (χ1v) is 7.85. The summed E-state index contributed by atoms with van der Waals surface area (Å²) in [7, 11) is 1.18. The fraction of sp³-hybridized carbons (Fsp3) is 0.333. The predicted molar refractivity (Wildman–Crippen MR) is 84.5 cm³/mol. The van der Waals surface area contributed by atoms with Crippen molar-refractivity contribution in [2.75, 3.05) is 13.7 Å². The highest BCUT2D eigenvalue weighted by Crippen LogP contribution is 2.39. The lowest BCUT2D eigenvalue weighted by Gasteiger charge is -2.27. The van der Waals surface area contributed by atoms with Gasteiger partial charge >= 0.3 is 18.1 Å². The molecule has 2 heterocycles. The molecule has 0 spiro atoms. The number of carbonyl (C=O) groups excluding carboxylic acids is 2. The average molecular weight is 367 g/mol. The van der Waals surface area contributed by atoms with E-state index in [-0.39, 0.29) is 29.7 Å². The molecule has 2 aliphatic rings. The Bertz CT molecular complexity index is 839. The van der Waals surface area contributed by atoms with Gasteiger partial charge in [0, 0.05) is 11.6 Å². The van der Waals surface area contributed by atoms with E-state index >= 15 is 0 Å². The number of nitrogens with one attached hydrogen (secondary N) is 1. The van der Waals surface area contributed by atoms with Crippen LogP contribution in [0, 0.1) is 5.92 Å². The van der Waals surface area contributed by atoms with E-state index in [1.54, 1.807) is 6.92 Å². The Labute approximate surface area is 147 Å². The summed E-state index contributed by atoms with van der Waals surface area (Å²) in [5.74, 6) is -2.22. The van der Waals surface area contributed by atoms with Crippen LogP contribution < -0.4 is 5.32 Å². The SMILES string of the molecule is COC(=O)C1=C(C)NC2=C(C(=O)OC2)C1Cc1ccccc1C(F)(F)F. The number of allylic oxidation sites excluding steroid dienone is 1. The number of hydrogen-bond acceptors (Lipinski definition) is 5. The lowest BCUT2D eigenvalue weighted by atomic mass is 9.80. The maximum Gasteiger partial charge on any atom is 0.416 e. The molecule has 138 valence electrons. The number of dihydropyridines is 1. The van der Waals surface area contributed by atoms with Gasteiger partial charge in [0.05, 0.1) is 29.5 Å². The molecule has 26 heavy (non-hydrogen) atoms. The van der Waals surface area contributed by atoms with Crippen molar-refractivity contribution in [2.24, 2.45) is 5.92 Å². The van der Waals surface area contributed by atoms with E-state index in [4.69, 9.17) is 9.47 Å². The molecule has 0 aliphatic carbocycles. The maximum atomic E-state index is 13.3. The van der Waals surface area contributed by atoms with Gasteiger partial charge in [-0.2, -0.15) is 13.2 Å². The van der Waals surface area contributed by atoms with Crippen molar-refractivity contribution < 1.29 is 32.2 Å². The Morgan fingerprint density at radius 1 is 1.35 bits per heavy atom. The van der Waals surface area contributed by atoms with Crippen LogP contribution in [0.3, 0.4) is 0 Å². The second kappa shape index (κ2) is 6.51. The monoisotopic (exact) mass is 367 g/mol. The van der Waals surface area contributed by atoms with E-state index in [0.717, 1.165) is 6.07 Å². The van der Waals surface area contributed by atoms with E-state index in [2.05, 4.69) is 5.32 Å². The van der Waals surface area contributed by atoms with Crippen molar-refractivity contribution >= 4 is 11.9 Å². The first kappa shape index (κ1) is 18.0. The zero-order valence-corrected chi connectivity index (χ0v) is 14.1. The number of halogens is 3. The third kappa shape index (κ3) is 3.07. The molecule has 1 aromatic rings. The van der Waals surface area contributed by atoms with Crippen LogP contribution in [0.2, 0.25) is 0 Å². The first-order chi connectivity index (χ1) is 12.2. The number of alkyl halides is 3.